The first-order valence-corrected chi connectivity index (χ1v) is 11.2. The van der Waals surface area contributed by atoms with Gasteiger partial charge in [-0.1, -0.05) is 36.8 Å². The number of benzene rings is 1. The van der Waals surface area contributed by atoms with Gasteiger partial charge in [-0.15, -0.1) is 0 Å². The van der Waals surface area contributed by atoms with E-state index < -0.39 is 0 Å². The number of hydrogen-bond acceptors (Lipinski definition) is 5. The monoisotopic (exact) mass is 418 g/mol. The maximum absolute atomic E-state index is 12.2. The smallest absolute Gasteiger partial charge is 0.270 e. The Morgan fingerprint density at radius 3 is 2.55 bits per heavy atom. The number of piperidine rings is 1. The topological polar surface area (TPSA) is 59.7 Å². The van der Waals surface area contributed by atoms with Crippen LogP contribution in [0.25, 0.3) is 17.5 Å². The molecule has 1 saturated carbocycles. The molecule has 0 radical (unpaired) electrons. The van der Waals surface area contributed by atoms with Gasteiger partial charge in [0.2, 0.25) is 5.88 Å². The minimum atomic E-state index is -0.186. The number of hydrogen-bond donors (Lipinski definition) is 0. The van der Waals surface area contributed by atoms with E-state index >= 15 is 0 Å². The first kappa shape index (κ1) is 21.2. The van der Waals surface area contributed by atoms with E-state index in [9.17, 15) is 4.79 Å². The van der Waals surface area contributed by atoms with Crippen LogP contribution in [0.1, 0.15) is 39.0 Å². The first-order valence-electron chi connectivity index (χ1n) is 11.2. The molecule has 0 spiro atoms. The molecule has 6 heteroatoms. The second kappa shape index (κ2) is 10.4. The molecule has 4 rings (SSSR count). The number of aliphatic imine (C=N–C) groups is 1. The molecule has 1 aromatic heterocycles. The number of ether oxygens (including phenoxy) is 1. The maximum Gasteiger partial charge on any atom is 0.270 e. The molecule has 162 valence electrons. The molecule has 6 nitrogen and oxygen atoms in total. The third-order valence-corrected chi connectivity index (χ3v) is 5.97. The first-order chi connectivity index (χ1) is 15.2. The van der Waals surface area contributed by atoms with Crippen LogP contribution in [0.4, 0.5) is 0 Å². The summed E-state index contributed by atoms with van der Waals surface area (Å²) >= 11 is 0. The van der Waals surface area contributed by atoms with Gasteiger partial charge in [-0.25, -0.2) is 9.67 Å². The minimum absolute atomic E-state index is 0.182. The van der Waals surface area contributed by atoms with Crippen LogP contribution in [-0.2, 0) is 4.74 Å². The lowest BCUT2D eigenvalue weighted by Gasteiger charge is -2.41. The van der Waals surface area contributed by atoms with Crippen molar-refractivity contribution >= 4 is 12.4 Å². The molecule has 0 atom stereocenters. The van der Waals surface area contributed by atoms with Gasteiger partial charge in [0.25, 0.3) is 5.56 Å². The summed E-state index contributed by atoms with van der Waals surface area (Å²) in [4.78, 5) is 19.2. The molecule has 31 heavy (non-hydrogen) atoms. The maximum atomic E-state index is 12.2. The number of aromatic nitrogens is 2. The van der Waals surface area contributed by atoms with Gasteiger partial charge in [0.05, 0.1) is 5.69 Å². The fraction of sp³-hybridized carbons (Fsp3) is 0.400. The summed E-state index contributed by atoms with van der Waals surface area (Å²) in [5.41, 5.74) is 1.53. The van der Waals surface area contributed by atoms with Gasteiger partial charge in [-0.3, -0.25) is 4.79 Å². The Balaban J connectivity index is 1.41. The largest absolute Gasteiger partial charge is 0.474 e. The van der Waals surface area contributed by atoms with Crippen LogP contribution >= 0.6 is 0 Å². The summed E-state index contributed by atoms with van der Waals surface area (Å²) in [6.45, 7) is 4.06. The fourth-order valence-electron chi connectivity index (χ4n) is 4.02. The zero-order valence-corrected chi connectivity index (χ0v) is 18.1. The van der Waals surface area contributed by atoms with Crippen LogP contribution in [-0.4, -0.2) is 46.1 Å². The number of allylic oxidation sites excluding steroid dienone is 2. The van der Waals surface area contributed by atoms with Crippen LogP contribution in [0.15, 0.2) is 70.3 Å². The molecular weight excluding hydrogens is 388 g/mol. The summed E-state index contributed by atoms with van der Waals surface area (Å²) in [6, 6.07) is 13.9. The molecule has 2 heterocycles. The molecule has 1 aliphatic carbocycles. The molecule has 2 aromatic rings. The Morgan fingerprint density at radius 2 is 1.87 bits per heavy atom. The van der Waals surface area contributed by atoms with Crippen molar-refractivity contribution in [3.63, 3.8) is 0 Å². The Labute approximate surface area is 183 Å². The van der Waals surface area contributed by atoms with Crippen molar-refractivity contribution in [2.75, 3.05) is 13.1 Å². The SMILES string of the molecule is CC=N/C(=C\C=C\n1nc(-c2ccccc2)ccc1=O)OC1CCN(C2CCC2)CC1. The molecule has 2 fully saturated rings. The highest BCUT2D eigenvalue weighted by Crippen LogP contribution is 2.28. The normalized spacial score (nSPS) is 19.2. The lowest BCUT2D eigenvalue weighted by Crippen LogP contribution is -2.46. The lowest BCUT2D eigenvalue weighted by atomic mass is 9.90. The second-order valence-corrected chi connectivity index (χ2v) is 8.04. The quantitative estimate of drug-likeness (QED) is 0.381. The van der Waals surface area contributed by atoms with Crippen LogP contribution < -0.4 is 5.56 Å². The van der Waals surface area contributed by atoms with Gasteiger partial charge in [0.15, 0.2) is 0 Å². The molecule has 1 aliphatic heterocycles. The van der Waals surface area contributed by atoms with E-state index in [0.717, 1.165) is 43.2 Å². The molecule has 0 N–H and O–H groups in total. The van der Waals surface area contributed by atoms with Gasteiger partial charge in [0, 0.05) is 49.3 Å². The average Bonchev–Trinajstić information content (AvgIpc) is 2.76. The summed E-state index contributed by atoms with van der Waals surface area (Å²) in [7, 11) is 0. The highest BCUT2D eigenvalue weighted by molar-refractivity contribution is 5.58. The molecular formula is C25H30N4O2. The number of likely N-dealkylation sites (tertiary alicyclic amines) is 1. The van der Waals surface area contributed by atoms with Crippen molar-refractivity contribution in [2.45, 2.75) is 51.2 Å². The summed E-state index contributed by atoms with van der Waals surface area (Å²) < 4.78 is 7.49. The van der Waals surface area contributed by atoms with E-state index in [1.807, 2.05) is 37.3 Å². The fourth-order valence-corrected chi connectivity index (χ4v) is 4.02. The number of nitrogens with zero attached hydrogens (tertiary/aromatic N) is 4. The Morgan fingerprint density at radius 1 is 1.10 bits per heavy atom. The van der Waals surface area contributed by atoms with E-state index in [1.165, 1.54) is 30.0 Å². The predicted octanol–water partition coefficient (Wildman–Crippen LogP) is 4.35. The summed E-state index contributed by atoms with van der Waals surface area (Å²) in [5, 5.41) is 4.44. The van der Waals surface area contributed by atoms with Crippen molar-refractivity contribution in [3.05, 3.63) is 70.9 Å². The predicted molar refractivity (Wildman–Crippen MR) is 125 cm³/mol. The summed E-state index contributed by atoms with van der Waals surface area (Å²) in [5.74, 6) is 0.563. The van der Waals surface area contributed by atoms with Crippen molar-refractivity contribution in [2.24, 2.45) is 4.99 Å². The van der Waals surface area contributed by atoms with Gasteiger partial charge >= 0.3 is 0 Å². The van der Waals surface area contributed by atoms with Crippen LogP contribution in [0.2, 0.25) is 0 Å². The van der Waals surface area contributed by atoms with Gasteiger partial charge in [-0.2, -0.15) is 5.10 Å². The number of rotatable bonds is 7. The third-order valence-electron chi connectivity index (χ3n) is 5.97. The molecule has 0 amide bonds. The van der Waals surface area contributed by atoms with E-state index in [-0.39, 0.29) is 11.7 Å². The standard InChI is InChI=1S/C25H30N4O2/c1-2-26-24(31-22-15-18-28(19-16-22)21-10-6-11-21)12-7-17-29-25(30)14-13-23(27-29)20-8-4-3-5-9-20/h2-5,7-9,12-14,17,21-22H,6,10-11,15-16,18-19H2,1H3/b17-7+,24-12+,26-2?. The van der Waals surface area contributed by atoms with Gasteiger partial charge in [0.1, 0.15) is 6.10 Å². The second-order valence-electron chi connectivity index (χ2n) is 8.04. The van der Waals surface area contributed by atoms with Crippen molar-refractivity contribution in [3.8, 4) is 11.3 Å². The van der Waals surface area contributed by atoms with E-state index in [1.54, 1.807) is 30.6 Å². The Bertz CT molecular complexity index is 998. The minimum Gasteiger partial charge on any atom is -0.474 e. The summed E-state index contributed by atoms with van der Waals surface area (Å²) in [6.07, 6.45) is 13.2. The Hall–Kier alpha value is -2.99. The van der Waals surface area contributed by atoms with E-state index in [0.29, 0.717) is 5.88 Å². The molecule has 0 unspecified atom stereocenters. The van der Waals surface area contributed by atoms with Crippen molar-refractivity contribution in [1.29, 1.82) is 0 Å². The zero-order chi connectivity index (χ0) is 21.5. The van der Waals surface area contributed by atoms with Crippen LogP contribution in [0.5, 0.6) is 0 Å². The molecule has 1 aromatic carbocycles. The van der Waals surface area contributed by atoms with Crippen molar-refractivity contribution < 1.29 is 4.74 Å². The molecule has 2 aliphatic rings. The molecule has 1 saturated heterocycles. The Kier molecular flexibility index (Phi) is 7.10. The zero-order valence-electron chi connectivity index (χ0n) is 18.1. The van der Waals surface area contributed by atoms with Gasteiger partial charge in [-0.05, 0) is 44.7 Å². The van der Waals surface area contributed by atoms with Crippen molar-refractivity contribution in [1.82, 2.24) is 14.7 Å². The van der Waals surface area contributed by atoms with E-state index in [2.05, 4.69) is 15.0 Å². The highest BCUT2D eigenvalue weighted by Gasteiger charge is 2.29. The van der Waals surface area contributed by atoms with E-state index in [4.69, 9.17) is 4.74 Å². The van der Waals surface area contributed by atoms with Gasteiger partial charge < -0.3 is 9.64 Å². The third kappa shape index (κ3) is 5.58. The molecule has 0 bridgehead atoms. The van der Waals surface area contributed by atoms with Crippen LogP contribution in [0.3, 0.4) is 0 Å². The average molecular weight is 419 g/mol. The lowest BCUT2D eigenvalue weighted by molar-refractivity contribution is 0.0189. The highest BCUT2D eigenvalue weighted by atomic mass is 16.5. The van der Waals surface area contributed by atoms with Crippen LogP contribution in [0, 0.1) is 0 Å².